The van der Waals surface area contributed by atoms with Gasteiger partial charge in [-0.25, -0.2) is 4.79 Å². The Morgan fingerprint density at radius 2 is 1.95 bits per heavy atom. The van der Waals surface area contributed by atoms with E-state index in [2.05, 4.69) is 5.32 Å². The van der Waals surface area contributed by atoms with Crippen molar-refractivity contribution in [3.8, 4) is 11.5 Å². The molecule has 0 saturated carbocycles. The van der Waals surface area contributed by atoms with Crippen LogP contribution in [0.1, 0.15) is 32.4 Å². The van der Waals surface area contributed by atoms with E-state index in [9.17, 15) is 4.79 Å². The molecule has 1 aromatic rings. The SMILES string of the molecule is COc1ccc(C(CN)NC(=O)OC(C)(C)C)c(OC)c1. The van der Waals surface area contributed by atoms with Crippen molar-refractivity contribution in [3.05, 3.63) is 23.8 Å². The molecule has 0 aliphatic heterocycles. The van der Waals surface area contributed by atoms with Crippen LogP contribution in [0.5, 0.6) is 11.5 Å². The molecule has 1 rings (SSSR count). The number of rotatable bonds is 5. The predicted molar refractivity (Wildman–Crippen MR) is 80.7 cm³/mol. The summed E-state index contributed by atoms with van der Waals surface area (Å²) in [6, 6.07) is 4.94. The smallest absolute Gasteiger partial charge is 0.408 e. The summed E-state index contributed by atoms with van der Waals surface area (Å²) in [7, 11) is 3.13. The minimum Gasteiger partial charge on any atom is -0.497 e. The van der Waals surface area contributed by atoms with Gasteiger partial charge in [-0.15, -0.1) is 0 Å². The Morgan fingerprint density at radius 3 is 2.43 bits per heavy atom. The molecule has 0 saturated heterocycles. The maximum absolute atomic E-state index is 11.9. The van der Waals surface area contributed by atoms with Gasteiger partial charge in [0, 0.05) is 18.2 Å². The van der Waals surface area contributed by atoms with Gasteiger partial charge < -0.3 is 25.3 Å². The van der Waals surface area contributed by atoms with Gasteiger partial charge in [0.25, 0.3) is 0 Å². The number of benzene rings is 1. The fourth-order valence-corrected chi connectivity index (χ4v) is 1.82. The normalized spacial score (nSPS) is 12.5. The van der Waals surface area contributed by atoms with E-state index < -0.39 is 17.7 Å². The van der Waals surface area contributed by atoms with Crippen LogP contribution in [0, 0.1) is 0 Å². The summed E-state index contributed by atoms with van der Waals surface area (Å²) < 4.78 is 15.7. The third-order valence-corrected chi connectivity index (χ3v) is 2.74. The topological polar surface area (TPSA) is 82.8 Å². The van der Waals surface area contributed by atoms with E-state index in [0.29, 0.717) is 11.5 Å². The Morgan fingerprint density at radius 1 is 1.29 bits per heavy atom. The number of ether oxygens (including phenoxy) is 3. The lowest BCUT2D eigenvalue weighted by atomic mass is 10.1. The maximum atomic E-state index is 11.9. The molecule has 0 aliphatic rings. The number of amides is 1. The van der Waals surface area contributed by atoms with Gasteiger partial charge in [-0.2, -0.15) is 0 Å². The molecular weight excluding hydrogens is 272 g/mol. The van der Waals surface area contributed by atoms with Crippen LogP contribution in [0.25, 0.3) is 0 Å². The summed E-state index contributed by atoms with van der Waals surface area (Å²) in [6.45, 7) is 5.63. The molecule has 0 aliphatic carbocycles. The first kappa shape index (κ1) is 17.1. The Bertz CT molecular complexity index is 483. The molecule has 6 heteroatoms. The molecule has 0 bridgehead atoms. The first-order valence-corrected chi connectivity index (χ1v) is 6.72. The standard InChI is InChI=1S/C15H24N2O4/c1-15(2,3)21-14(18)17-12(9-16)11-7-6-10(19-4)8-13(11)20-5/h6-8,12H,9,16H2,1-5H3,(H,17,18). The second-order valence-electron chi connectivity index (χ2n) is 5.54. The van der Waals surface area contributed by atoms with Gasteiger partial charge in [0.05, 0.1) is 20.3 Å². The molecule has 3 N–H and O–H groups in total. The fraction of sp³-hybridized carbons (Fsp3) is 0.533. The maximum Gasteiger partial charge on any atom is 0.408 e. The van der Waals surface area contributed by atoms with Gasteiger partial charge in [-0.05, 0) is 32.9 Å². The number of hydrogen-bond acceptors (Lipinski definition) is 5. The molecule has 0 aromatic heterocycles. The number of nitrogens with two attached hydrogens (primary N) is 1. The molecule has 1 atom stereocenters. The Hall–Kier alpha value is -1.95. The van der Waals surface area contributed by atoms with Crippen LogP contribution in [0.4, 0.5) is 4.79 Å². The van der Waals surface area contributed by atoms with E-state index in [1.54, 1.807) is 47.1 Å². The van der Waals surface area contributed by atoms with Crippen LogP contribution in [0.2, 0.25) is 0 Å². The van der Waals surface area contributed by atoms with E-state index >= 15 is 0 Å². The minimum atomic E-state index is -0.562. The number of methoxy groups -OCH3 is 2. The Kier molecular flexibility index (Phi) is 5.84. The second kappa shape index (κ2) is 7.17. The van der Waals surface area contributed by atoms with Crippen LogP contribution in [-0.2, 0) is 4.74 Å². The average Bonchev–Trinajstić information content (AvgIpc) is 2.42. The molecule has 21 heavy (non-hydrogen) atoms. The van der Waals surface area contributed by atoms with Gasteiger partial charge >= 0.3 is 6.09 Å². The zero-order chi connectivity index (χ0) is 16.0. The van der Waals surface area contributed by atoms with Crippen molar-refractivity contribution in [1.82, 2.24) is 5.32 Å². The largest absolute Gasteiger partial charge is 0.497 e. The fourth-order valence-electron chi connectivity index (χ4n) is 1.82. The highest BCUT2D eigenvalue weighted by Gasteiger charge is 2.22. The predicted octanol–water partition coefficient (Wildman–Crippen LogP) is 2.23. The monoisotopic (exact) mass is 296 g/mol. The molecule has 1 amide bonds. The number of carbonyl (C=O) groups is 1. The van der Waals surface area contributed by atoms with Crippen molar-refractivity contribution < 1.29 is 19.0 Å². The van der Waals surface area contributed by atoms with E-state index in [1.165, 1.54) is 0 Å². The summed E-state index contributed by atoms with van der Waals surface area (Å²) >= 11 is 0. The highest BCUT2D eigenvalue weighted by molar-refractivity contribution is 5.68. The summed E-state index contributed by atoms with van der Waals surface area (Å²) in [6.07, 6.45) is -0.518. The number of alkyl carbamates (subject to hydrolysis) is 1. The zero-order valence-electron chi connectivity index (χ0n) is 13.2. The summed E-state index contributed by atoms with van der Waals surface area (Å²) in [5.74, 6) is 1.27. The summed E-state index contributed by atoms with van der Waals surface area (Å²) in [5, 5.41) is 2.74. The highest BCUT2D eigenvalue weighted by Crippen LogP contribution is 2.29. The first-order valence-electron chi connectivity index (χ1n) is 6.72. The molecule has 1 aromatic carbocycles. The molecule has 0 radical (unpaired) electrons. The van der Waals surface area contributed by atoms with E-state index in [1.807, 2.05) is 6.07 Å². The van der Waals surface area contributed by atoms with Crippen LogP contribution in [0.3, 0.4) is 0 Å². The highest BCUT2D eigenvalue weighted by atomic mass is 16.6. The second-order valence-corrected chi connectivity index (χ2v) is 5.54. The zero-order valence-corrected chi connectivity index (χ0v) is 13.2. The van der Waals surface area contributed by atoms with E-state index in [-0.39, 0.29) is 6.54 Å². The van der Waals surface area contributed by atoms with Crippen molar-refractivity contribution in [2.24, 2.45) is 5.73 Å². The van der Waals surface area contributed by atoms with Crippen molar-refractivity contribution in [2.75, 3.05) is 20.8 Å². The molecule has 6 nitrogen and oxygen atoms in total. The van der Waals surface area contributed by atoms with Crippen LogP contribution in [0.15, 0.2) is 18.2 Å². The Labute approximate surface area is 125 Å². The lowest BCUT2D eigenvalue weighted by molar-refractivity contribution is 0.0505. The molecule has 118 valence electrons. The van der Waals surface area contributed by atoms with Gasteiger partial charge in [0.1, 0.15) is 17.1 Å². The van der Waals surface area contributed by atoms with E-state index in [4.69, 9.17) is 19.9 Å². The Balaban J connectivity index is 2.92. The molecule has 0 spiro atoms. The first-order chi connectivity index (χ1) is 9.80. The molecular formula is C15H24N2O4. The van der Waals surface area contributed by atoms with Gasteiger partial charge in [-0.3, -0.25) is 0 Å². The number of hydrogen-bond donors (Lipinski definition) is 2. The van der Waals surface area contributed by atoms with Crippen LogP contribution < -0.4 is 20.5 Å². The van der Waals surface area contributed by atoms with Crippen molar-refractivity contribution in [2.45, 2.75) is 32.4 Å². The minimum absolute atomic E-state index is 0.224. The van der Waals surface area contributed by atoms with E-state index in [0.717, 1.165) is 5.56 Å². The van der Waals surface area contributed by atoms with Gasteiger partial charge in [0.2, 0.25) is 0 Å². The van der Waals surface area contributed by atoms with Crippen LogP contribution in [-0.4, -0.2) is 32.5 Å². The lowest BCUT2D eigenvalue weighted by Gasteiger charge is -2.24. The quantitative estimate of drug-likeness (QED) is 0.870. The number of carbonyl (C=O) groups excluding carboxylic acids is 1. The third-order valence-electron chi connectivity index (χ3n) is 2.74. The van der Waals surface area contributed by atoms with Crippen LogP contribution >= 0.6 is 0 Å². The molecule has 0 heterocycles. The summed E-state index contributed by atoms with van der Waals surface area (Å²) in [4.78, 5) is 11.9. The van der Waals surface area contributed by atoms with Crippen molar-refractivity contribution >= 4 is 6.09 Å². The van der Waals surface area contributed by atoms with Gasteiger partial charge in [-0.1, -0.05) is 0 Å². The number of nitrogens with one attached hydrogen (secondary N) is 1. The third kappa shape index (κ3) is 5.15. The van der Waals surface area contributed by atoms with Gasteiger partial charge in [0.15, 0.2) is 0 Å². The molecule has 1 unspecified atom stereocenters. The lowest BCUT2D eigenvalue weighted by Crippen LogP contribution is -2.37. The van der Waals surface area contributed by atoms with Crippen molar-refractivity contribution in [1.29, 1.82) is 0 Å². The average molecular weight is 296 g/mol. The van der Waals surface area contributed by atoms with Crippen molar-refractivity contribution in [3.63, 3.8) is 0 Å². The molecule has 0 fully saturated rings. The summed E-state index contributed by atoms with van der Waals surface area (Å²) in [5.41, 5.74) is 5.96.